The van der Waals surface area contributed by atoms with Gasteiger partial charge >= 0.3 is 6.18 Å². The molecule has 1 aromatic rings. The highest BCUT2D eigenvalue weighted by Crippen LogP contribution is 2.37. The number of nitrogens with two attached hydrogens (primary N) is 1. The van der Waals surface area contributed by atoms with Crippen LogP contribution in [0.25, 0.3) is 0 Å². The van der Waals surface area contributed by atoms with E-state index in [-0.39, 0.29) is 17.3 Å². The number of rotatable bonds is 1. The van der Waals surface area contributed by atoms with Crippen LogP contribution in [0.3, 0.4) is 0 Å². The summed E-state index contributed by atoms with van der Waals surface area (Å²) >= 11 is 0. The molecule has 14 heavy (non-hydrogen) atoms. The van der Waals surface area contributed by atoms with Crippen LogP contribution in [-0.2, 0) is 13.2 Å². The molecule has 80 valence electrons. The van der Waals surface area contributed by atoms with Crippen molar-refractivity contribution in [2.45, 2.75) is 25.9 Å². The average Bonchev–Trinajstić information content (AvgIpc) is 2.23. The Kier molecular flexibility index (Phi) is 2.47. The Morgan fingerprint density at radius 3 is 2.14 bits per heavy atom. The van der Waals surface area contributed by atoms with Gasteiger partial charge in [0.2, 0.25) is 0 Å². The van der Waals surface area contributed by atoms with E-state index in [1.54, 1.807) is 13.8 Å². The molecule has 0 aliphatic heterocycles. The minimum absolute atomic E-state index is 0.0465. The van der Waals surface area contributed by atoms with Crippen molar-refractivity contribution in [3.63, 3.8) is 0 Å². The second-order valence-corrected chi connectivity index (χ2v) is 3.42. The lowest BCUT2D eigenvalue weighted by molar-refractivity contribution is -0.144. The van der Waals surface area contributed by atoms with E-state index < -0.39 is 11.9 Å². The fourth-order valence-electron chi connectivity index (χ4n) is 1.47. The van der Waals surface area contributed by atoms with Gasteiger partial charge in [0.15, 0.2) is 0 Å². The van der Waals surface area contributed by atoms with Gasteiger partial charge in [-0.15, -0.1) is 0 Å². The van der Waals surface area contributed by atoms with E-state index in [4.69, 9.17) is 5.73 Å². The second kappa shape index (κ2) is 3.18. The predicted molar refractivity (Wildman–Crippen MR) is 46.7 cm³/mol. The van der Waals surface area contributed by atoms with Crippen LogP contribution in [0, 0.1) is 0 Å². The number of aromatic nitrogens is 2. The molecule has 3 nitrogen and oxygen atoms in total. The Hall–Kier alpha value is -1.20. The zero-order valence-corrected chi connectivity index (χ0v) is 8.18. The third-order valence-electron chi connectivity index (χ3n) is 1.96. The highest BCUT2D eigenvalue weighted by Gasteiger charge is 2.39. The van der Waals surface area contributed by atoms with Crippen molar-refractivity contribution in [1.29, 1.82) is 0 Å². The van der Waals surface area contributed by atoms with E-state index in [0.717, 1.165) is 4.68 Å². The molecule has 6 heteroatoms. The van der Waals surface area contributed by atoms with Gasteiger partial charge in [-0.05, 0) is 5.92 Å². The maximum Gasteiger partial charge on any atom is 0.433 e. The van der Waals surface area contributed by atoms with Gasteiger partial charge in [0.05, 0.1) is 0 Å². The molecule has 1 heterocycles. The molecule has 2 N–H and O–H groups in total. The van der Waals surface area contributed by atoms with Crippen molar-refractivity contribution in [1.82, 2.24) is 9.78 Å². The number of nitrogen functional groups attached to an aromatic ring is 1. The van der Waals surface area contributed by atoms with Gasteiger partial charge in [-0.2, -0.15) is 18.3 Å². The molecule has 1 rings (SSSR count). The van der Waals surface area contributed by atoms with Crippen molar-refractivity contribution in [2.75, 3.05) is 5.73 Å². The first kappa shape index (κ1) is 10.9. The van der Waals surface area contributed by atoms with Crippen molar-refractivity contribution in [2.24, 2.45) is 7.05 Å². The lowest BCUT2D eigenvalue weighted by atomic mass is 10.0. The first-order valence-corrected chi connectivity index (χ1v) is 4.14. The minimum atomic E-state index is -4.40. The predicted octanol–water partition coefficient (Wildman–Crippen LogP) is 2.14. The fraction of sp³-hybridized carbons (Fsp3) is 0.625. The van der Waals surface area contributed by atoms with Gasteiger partial charge < -0.3 is 5.73 Å². The number of alkyl halides is 3. The number of hydrogen-bond acceptors (Lipinski definition) is 2. The zero-order valence-electron chi connectivity index (χ0n) is 8.18. The molecular weight excluding hydrogens is 195 g/mol. The van der Waals surface area contributed by atoms with Gasteiger partial charge in [-0.3, -0.25) is 4.68 Å². The molecular formula is C8H12F3N3. The maximum absolute atomic E-state index is 12.6. The molecule has 1 aromatic heterocycles. The Labute approximate surface area is 79.7 Å². The third kappa shape index (κ3) is 1.69. The van der Waals surface area contributed by atoms with Crippen LogP contribution < -0.4 is 5.73 Å². The molecule has 0 radical (unpaired) electrons. The van der Waals surface area contributed by atoms with Gasteiger partial charge in [-0.25, -0.2) is 0 Å². The number of aryl methyl sites for hydroxylation is 1. The number of nitrogens with zero attached hydrogens (tertiary/aromatic N) is 2. The first-order valence-electron chi connectivity index (χ1n) is 4.14. The zero-order chi connectivity index (χ0) is 11.1. The SMILES string of the molecule is CC(C)c1c(N)nn(C)c1C(F)(F)F. The molecule has 0 bridgehead atoms. The van der Waals surface area contributed by atoms with Gasteiger partial charge in [0.25, 0.3) is 0 Å². The Bertz CT molecular complexity index is 338. The molecule has 0 spiro atoms. The summed E-state index contributed by atoms with van der Waals surface area (Å²) in [6, 6.07) is 0. The lowest BCUT2D eigenvalue weighted by Gasteiger charge is -2.11. The summed E-state index contributed by atoms with van der Waals surface area (Å²) in [4.78, 5) is 0. The molecule has 0 amide bonds. The number of hydrogen-bond donors (Lipinski definition) is 1. The van der Waals surface area contributed by atoms with Crippen LogP contribution in [-0.4, -0.2) is 9.78 Å². The molecule has 0 saturated heterocycles. The molecule has 0 unspecified atom stereocenters. The lowest BCUT2D eigenvalue weighted by Crippen LogP contribution is -2.14. The second-order valence-electron chi connectivity index (χ2n) is 3.42. The standard InChI is InChI=1S/C8H12F3N3/c1-4(2)5-6(8(9,10)11)14(3)13-7(5)12/h4H,1-3H3,(H2,12,13). The van der Waals surface area contributed by atoms with E-state index in [1.807, 2.05) is 0 Å². The minimum Gasteiger partial charge on any atom is -0.382 e. The average molecular weight is 207 g/mol. The smallest absolute Gasteiger partial charge is 0.382 e. The van der Waals surface area contributed by atoms with Crippen molar-refractivity contribution in [3.05, 3.63) is 11.3 Å². The Morgan fingerprint density at radius 2 is 1.86 bits per heavy atom. The van der Waals surface area contributed by atoms with Gasteiger partial charge in [0, 0.05) is 12.6 Å². The van der Waals surface area contributed by atoms with Crippen molar-refractivity contribution >= 4 is 5.82 Å². The van der Waals surface area contributed by atoms with Crippen LogP contribution in [0.2, 0.25) is 0 Å². The van der Waals surface area contributed by atoms with Crippen molar-refractivity contribution < 1.29 is 13.2 Å². The van der Waals surface area contributed by atoms with E-state index >= 15 is 0 Å². The van der Waals surface area contributed by atoms with Crippen LogP contribution in [0.1, 0.15) is 31.0 Å². The van der Waals surface area contributed by atoms with E-state index in [9.17, 15) is 13.2 Å². The Morgan fingerprint density at radius 1 is 1.36 bits per heavy atom. The molecule has 0 saturated carbocycles. The normalized spacial score (nSPS) is 12.5. The first-order chi connectivity index (χ1) is 6.25. The van der Waals surface area contributed by atoms with E-state index in [1.165, 1.54) is 7.05 Å². The fourth-order valence-corrected chi connectivity index (χ4v) is 1.47. The topological polar surface area (TPSA) is 43.8 Å². The summed E-state index contributed by atoms with van der Waals surface area (Å²) in [6.45, 7) is 3.31. The molecule has 0 atom stereocenters. The maximum atomic E-state index is 12.6. The Balaban J connectivity index is 3.40. The van der Waals surface area contributed by atoms with Crippen LogP contribution >= 0.6 is 0 Å². The highest BCUT2D eigenvalue weighted by molar-refractivity contribution is 5.45. The monoisotopic (exact) mass is 207 g/mol. The van der Waals surface area contributed by atoms with Gasteiger partial charge in [0.1, 0.15) is 11.5 Å². The summed E-state index contributed by atoms with van der Waals surface area (Å²) in [5.74, 6) is -0.338. The van der Waals surface area contributed by atoms with E-state index in [2.05, 4.69) is 5.10 Å². The summed E-state index contributed by atoms with van der Waals surface area (Å²) in [7, 11) is 1.24. The summed E-state index contributed by atoms with van der Waals surface area (Å²) in [5.41, 5.74) is 4.72. The third-order valence-corrected chi connectivity index (χ3v) is 1.96. The molecule has 0 aromatic carbocycles. The van der Waals surface area contributed by atoms with Crippen LogP contribution in [0.5, 0.6) is 0 Å². The largest absolute Gasteiger partial charge is 0.433 e. The number of anilines is 1. The van der Waals surface area contributed by atoms with Crippen LogP contribution in [0.15, 0.2) is 0 Å². The quantitative estimate of drug-likeness (QED) is 0.766. The summed E-state index contributed by atoms with van der Waals surface area (Å²) in [5, 5.41) is 3.57. The molecule has 0 aliphatic rings. The van der Waals surface area contributed by atoms with Gasteiger partial charge in [-0.1, -0.05) is 13.8 Å². The van der Waals surface area contributed by atoms with Crippen LogP contribution in [0.4, 0.5) is 19.0 Å². The van der Waals surface area contributed by atoms with E-state index in [0.29, 0.717) is 0 Å². The molecule has 0 fully saturated rings. The molecule has 0 aliphatic carbocycles. The summed E-state index contributed by atoms with van der Waals surface area (Å²) < 4.78 is 38.5. The van der Waals surface area contributed by atoms with Crippen molar-refractivity contribution in [3.8, 4) is 0 Å². The summed E-state index contributed by atoms with van der Waals surface area (Å²) in [6.07, 6.45) is -4.40. The highest BCUT2D eigenvalue weighted by atomic mass is 19.4. The number of halogens is 3.